The van der Waals surface area contributed by atoms with Crippen molar-refractivity contribution in [2.24, 2.45) is 0 Å². The summed E-state index contributed by atoms with van der Waals surface area (Å²) in [5.41, 5.74) is 1.01. The van der Waals surface area contributed by atoms with Crippen LogP contribution < -0.4 is 5.32 Å². The number of hydrogen-bond donors (Lipinski definition) is 2. The van der Waals surface area contributed by atoms with Gasteiger partial charge < -0.3 is 15.3 Å². The molecule has 0 saturated heterocycles. The van der Waals surface area contributed by atoms with E-state index in [2.05, 4.69) is 5.32 Å². The Morgan fingerprint density at radius 3 is 2.86 bits per heavy atom. The summed E-state index contributed by atoms with van der Waals surface area (Å²) in [5.74, 6) is 0.256. The maximum Gasteiger partial charge on any atom is 0.317 e. The molecule has 0 aliphatic carbocycles. The number of carbonyl (C=O) groups excluding carboxylic acids is 1. The van der Waals surface area contributed by atoms with E-state index >= 15 is 0 Å². The Bertz CT molecular complexity index is 569. The molecule has 1 aromatic heterocycles. The minimum Gasteiger partial charge on any atom is -0.508 e. The van der Waals surface area contributed by atoms with Crippen LogP contribution in [-0.2, 0) is 13.0 Å². The van der Waals surface area contributed by atoms with E-state index in [4.69, 9.17) is 0 Å². The Hall–Kier alpha value is -2.01. The maximum absolute atomic E-state index is 12.1. The van der Waals surface area contributed by atoms with Crippen molar-refractivity contribution in [2.75, 3.05) is 13.1 Å². The highest BCUT2D eigenvalue weighted by molar-refractivity contribution is 7.09. The van der Waals surface area contributed by atoms with Crippen molar-refractivity contribution in [3.8, 4) is 5.75 Å². The van der Waals surface area contributed by atoms with Gasteiger partial charge >= 0.3 is 6.03 Å². The van der Waals surface area contributed by atoms with Crippen molar-refractivity contribution in [3.05, 3.63) is 52.2 Å². The second-order valence-corrected chi connectivity index (χ2v) is 5.78. The van der Waals surface area contributed by atoms with E-state index in [-0.39, 0.29) is 11.8 Å². The van der Waals surface area contributed by atoms with E-state index in [1.54, 1.807) is 28.4 Å². The number of hydrogen-bond acceptors (Lipinski definition) is 3. The zero-order valence-electron chi connectivity index (χ0n) is 12.1. The van der Waals surface area contributed by atoms with Gasteiger partial charge in [-0.25, -0.2) is 4.79 Å². The number of rotatable bonds is 6. The van der Waals surface area contributed by atoms with Crippen molar-refractivity contribution >= 4 is 17.4 Å². The normalized spacial score (nSPS) is 10.3. The number of urea groups is 1. The first kappa shape index (κ1) is 15.4. The summed E-state index contributed by atoms with van der Waals surface area (Å²) in [7, 11) is 0. The molecule has 0 radical (unpaired) electrons. The molecule has 0 fully saturated rings. The molecule has 4 nitrogen and oxygen atoms in total. The summed E-state index contributed by atoms with van der Waals surface area (Å²) in [4.78, 5) is 15.1. The van der Waals surface area contributed by atoms with Crippen LogP contribution in [0.25, 0.3) is 0 Å². The van der Waals surface area contributed by atoms with Crippen molar-refractivity contribution < 1.29 is 9.90 Å². The van der Waals surface area contributed by atoms with Gasteiger partial charge in [0.15, 0.2) is 0 Å². The van der Waals surface area contributed by atoms with Crippen molar-refractivity contribution in [1.29, 1.82) is 0 Å². The average Bonchev–Trinajstić information content (AvgIpc) is 2.97. The van der Waals surface area contributed by atoms with E-state index < -0.39 is 0 Å². The summed E-state index contributed by atoms with van der Waals surface area (Å²) < 4.78 is 0. The quantitative estimate of drug-likeness (QED) is 0.861. The molecule has 1 heterocycles. The summed E-state index contributed by atoms with van der Waals surface area (Å²) in [5, 5.41) is 14.3. The van der Waals surface area contributed by atoms with Gasteiger partial charge in [0.05, 0.1) is 6.54 Å². The SMILES string of the molecule is CCN(Cc1cccs1)C(=O)NCCc1cccc(O)c1. The molecule has 0 bridgehead atoms. The van der Waals surface area contributed by atoms with Crippen LogP contribution in [0.15, 0.2) is 41.8 Å². The van der Waals surface area contributed by atoms with Crippen molar-refractivity contribution in [1.82, 2.24) is 10.2 Å². The highest BCUT2D eigenvalue weighted by atomic mass is 32.1. The van der Waals surface area contributed by atoms with Crippen LogP contribution in [0, 0.1) is 0 Å². The Balaban J connectivity index is 1.80. The van der Waals surface area contributed by atoms with E-state index in [1.165, 1.54) is 4.88 Å². The highest BCUT2D eigenvalue weighted by Gasteiger charge is 2.11. The Kier molecular flexibility index (Phi) is 5.63. The number of carbonyl (C=O) groups is 1. The average molecular weight is 304 g/mol. The number of amides is 2. The third-order valence-corrected chi connectivity index (χ3v) is 4.06. The van der Waals surface area contributed by atoms with Crippen LogP contribution in [0.2, 0.25) is 0 Å². The van der Waals surface area contributed by atoms with Gasteiger partial charge in [-0.2, -0.15) is 0 Å². The fourth-order valence-corrected chi connectivity index (χ4v) is 2.77. The molecular formula is C16H20N2O2S. The summed E-state index contributed by atoms with van der Waals surface area (Å²) in [6, 6.07) is 11.1. The molecule has 112 valence electrons. The molecule has 5 heteroatoms. The van der Waals surface area contributed by atoms with Gasteiger partial charge in [0.25, 0.3) is 0 Å². The fraction of sp³-hybridized carbons (Fsp3) is 0.312. The monoisotopic (exact) mass is 304 g/mol. The van der Waals surface area contributed by atoms with E-state index in [1.807, 2.05) is 36.6 Å². The number of benzene rings is 1. The Morgan fingerprint density at radius 1 is 1.33 bits per heavy atom. The topological polar surface area (TPSA) is 52.6 Å². The first-order valence-corrected chi connectivity index (χ1v) is 7.90. The number of phenols is 1. The van der Waals surface area contributed by atoms with E-state index in [0.717, 1.165) is 5.56 Å². The van der Waals surface area contributed by atoms with Gasteiger partial charge in [-0.15, -0.1) is 11.3 Å². The van der Waals surface area contributed by atoms with Crippen LogP contribution in [0.4, 0.5) is 4.79 Å². The zero-order chi connectivity index (χ0) is 15.1. The van der Waals surface area contributed by atoms with Gasteiger partial charge in [-0.3, -0.25) is 0 Å². The molecule has 21 heavy (non-hydrogen) atoms. The first-order valence-electron chi connectivity index (χ1n) is 7.02. The maximum atomic E-state index is 12.1. The third-order valence-electron chi connectivity index (χ3n) is 3.20. The molecule has 0 aliphatic heterocycles. The molecule has 0 spiro atoms. The predicted octanol–water partition coefficient (Wildman–Crippen LogP) is 3.23. The molecule has 1 aromatic carbocycles. The van der Waals surface area contributed by atoms with Gasteiger partial charge in [0.2, 0.25) is 0 Å². The molecule has 0 unspecified atom stereocenters. The van der Waals surface area contributed by atoms with Crippen LogP contribution >= 0.6 is 11.3 Å². The van der Waals surface area contributed by atoms with Gasteiger partial charge in [0, 0.05) is 18.0 Å². The Labute approximate surface area is 129 Å². The minimum absolute atomic E-state index is 0.0500. The number of thiophene rings is 1. The van der Waals surface area contributed by atoms with Gasteiger partial charge in [-0.1, -0.05) is 18.2 Å². The standard InChI is InChI=1S/C16H20N2O2S/c1-2-18(12-15-7-4-10-21-15)16(20)17-9-8-13-5-3-6-14(19)11-13/h3-7,10-11,19H,2,8-9,12H2,1H3,(H,17,20). The summed E-state index contributed by atoms with van der Waals surface area (Å²) in [6.07, 6.45) is 0.705. The lowest BCUT2D eigenvalue weighted by molar-refractivity contribution is 0.199. The summed E-state index contributed by atoms with van der Waals surface area (Å²) >= 11 is 1.66. The lowest BCUT2D eigenvalue weighted by atomic mass is 10.1. The fourth-order valence-electron chi connectivity index (χ4n) is 2.06. The number of nitrogens with one attached hydrogen (secondary N) is 1. The molecule has 0 saturated carbocycles. The molecule has 0 atom stereocenters. The molecule has 0 aliphatic rings. The number of nitrogens with zero attached hydrogens (tertiary/aromatic N) is 1. The van der Waals surface area contributed by atoms with Gasteiger partial charge in [-0.05, 0) is 42.5 Å². The minimum atomic E-state index is -0.0500. The largest absolute Gasteiger partial charge is 0.508 e. The van der Waals surface area contributed by atoms with Crippen LogP contribution in [0.5, 0.6) is 5.75 Å². The first-order chi connectivity index (χ1) is 10.2. The van der Waals surface area contributed by atoms with Crippen molar-refractivity contribution in [2.45, 2.75) is 19.9 Å². The lowest BCUT2D eigenvalue weighted by Gasteiger charge is -2.20. The molecular weight excluding hydrogens is 284 g/mol. The predicted molar refractivity (Wildman–Crippen MR) is 85.6 cm³/mol. The Morgan fingerprint density at radius 2 is 2.19 bits per heavy atom. The van der Waals surface area contributed by atoms with Crippen LogP contribution in [0.3, 0.4) is 0 Å². The smallest absolute Gasteiger partial charge is 0.317 e. The molecule has 2 aromatic rings. The number of aromatic hydroxyl groups is 1. The van der Waals surface area contributed by atoms with Gasteiger partial charge in [0.1, 0.15) is 5.75 Å². The van der Waals surface area contributed by atoms with E-state index in [0.29, 0.717) is 26.1 Å². The van der Waals surface area contributed by atoms with Crippen LogP contribution in [-0.4, -0.2) is 29.1 Å². The third kappa shape index (κ3) is 4.79. The zero-order valence-corrected chi connectivity index (χ0v) is 12.9. The van der Waals surface area contributed by atoms with E-state index in [9.17, 15) is 9.90 Å². The molecule has 2 N–H and O–H groups in total. The lowest BCUT2D eigenvalue weighted by Crippen LogP contribution is -2.40. The van der Waals surface area contributed by atoms with Crippen molar-refractivity contribution in [3.63, 3.8) is 0 Å². The second kappa shape index (κ2) is 7.69. The highest BCUT2D eigenvalue weighted by Crippen LogP contribution is 2.12. The summed E-state index contributed by atoms with van der Waals surface area (Å²) in [6.45, 7) is 3.85. The second-order valence-electron chi connectivity index (χ2n) is 4.75. The molecule has 2 amide bonds. The molecule has 2 rings (SSSR count). The van der Waals surface area contributed by atoms with Crippen LogP contribution in [0.1, 0.15) is 17.4 Å². The number of phenolic OH excluding ortho intramolecular Hbond substituents is 1.